The van der Waals surface area contributed by atoms with Crippen LogP contribution in [0.25, 0.3) is 0 Å². The van der Waals surface area contributed by atoms with Crippen molar-refractivity contribution < 1.29 is 4.39 Å². The second-order valence-corrected chi connectivity index (χ2v) is 2.92. The average molecular weight is 167 g/mol. The molecule has 2 heteroatoms. The highest BCUT2D eigenvalue weighted by atomic mass is 19.1. The van der Waals surface area contributed by atoms with Crippen molar-refractivity contribution in [2.75, 3.05) is 0 Å². The molecular weight excluding hydrogens is 153 g/mol. The summed E-state index contributed by atoms with van der Waals surface area (Å²) in [5.74, 6) is -0.124. The molecule has 1 heterocycles. The first-order valence-electron chi connectivity index (χ1n) is 4.43. The summed E-state index contributed by atoms with van der Waals surface area (Å²) in [4.78, 5) is 3.88. The number of halogens is 1. The van der Waals surface area contributed by atoms with Crippen LogP contribution in [0.1, 0.15) is 31.7 Å². The van der Waals surface area contributed by atoms with Crippen LogP contribution in [0, 0.1) is 5.82 Å². The Labute approximate surface area is 72.6 Å². The van der Waals surface area contributed by atoms with Crippen LogP contribution in [-0.2, 0) is 6.42 Å². The molecule has 0 aliphatic carbocycles. The van der Waals surface area contributed by atoms with Gasteiger partial charge in [0.2, 0.25) is 0 Å². The molecule has 0 aliphatic heterocycles. The zero-order valence-corrected chi connectivity index (χ0v) is 7.39. The molecule has 0 unspecified atom stereocenters. The van der Waals surface area contributed by atoms with Gasteiger partial charge in [-0.3, -0.25) is 4.98 Å². The molecule has 0 saturated heterocycles. The van der Waals surface area contributed by atoms with E-state index in [1.807, 2.05) is 0 Å². The summed E-state index contributed by atoms with van der Waals surface area (Å²) in [6.07, 6.45) is 7.30. The number of unbranched alkanes of at least 4 members (excludes halogenated alkanes) is 2. The van der Waals surface area contributed by atoms with E-state index < -0.39 is 0 Å². The van der Waals surface area contributed by atoms with Gasteiger partial charge in [-0.1, -0.05) is 19.8 Å². The summed E-state index contributed by atoms with van der Waals surface area (Å²) in [6, 6.07) is 1.42. The molecule has 0 aromatic carbocycles. The molecule has 1 aromatic heterocycles. The second kappa shape index (κ2) is 4.86. The molecule has 1 aromatic rings. The highest BCUT2D eigenvalue weighted by Gasteiger charge is 1.99. The molecule has 66 valence electrons. The van der Waals surface area contributed by atoms with Gasteiger partial charge in [-0.15, -0.1) is 0 Å². The quantitative estimate of drug-likeness (QED) is 0.628. The molecule has 0 spiro atoms. The minimum atomic E-state index is -0.124. The summed E-state index contributed by atoms with van der Waals surface area (Å²) in [6.45, 7) is 2.14. The van der Waals surface area contributed by atoms with Crippen LogP contribution in [0.3, 0.4) is 0 Å². The third-order valence-corrected chi connectivity index (χ3v) is 1.89. The van der Waals surface area contributed by atoms with Crippen LogP contribution in [0.15, 0.2) is 18.5 Å². The van der Waals surface area contributed by atoms with Gasteiger partial charge < -0.3 is 0 Å². The topological polar surface area (TPSA) is 12.9 Å². The maximum Gasteiger partial charge on any atom is 0.129 e. The van der Waals surface area contributed by atoms with E-state index >= 15 is 0 Å². The van der Waals surface area contributed by atoms with E-state index in [-0.39, 0.29) is 5.82 Å². The summed E-state index contributed by atoms with van der Waals surface area (Å²) in [5.41, 5.74) is 0.742. The number of aryl methyl sites for hydroxylation is 1. The van der Waals surface area contributed by atoms with Gasteiger partial charge in [0.1, 0.15) is 5.82 Å². The first kappa shape index (κ1) is 9.17. The summed E-state index contributed by atoms with van der Waals surface area (Å²) in [5, 5.41) is 0. The van der Waals surface area contributed by atoms with Crippen molar-refractivity contribution in [1.82, 2.24) is 4.98 Å². The zero-order chi connectivity index (χ0) is 8.81. The van der Waals surface area contributed by atoms with Crippen molar-refractivity contribution in [3.63, 3.8) is 0 Å². The molecule has 0 saturated carbocycles. The normalized spacial score (nSPS) is 10.2. The molecule has 1 nitrogen and oxygen atoms in total. The Hall–Kier alpha value is -0.920. The minimum absolute atomic E-state index is 0.124. The predicted octanol–water partition coefficient (Wildman–Crippen LogP) is 2.95. The van der Waals surface area contributed by atoms with Crippen molar-refractivity contribution >= 4 is 0 Å². The molecule has 0 bridgehead atoms. The second-order valence-electron chi connectivity index (χ2n) is 2.92. The van der Waals surface area contributed by atoms with Gasteiger partial charge in [-0.05, 0) is 18.9 Å². The van der Waals surface area contributed by atoms with Crippen molar-refractivity contribution in [1.29, 1.82) is 0 Å². The Morgan fingerprint density at radius 3 is 2.92 bits per heavy atom. The Balaban J connectivity index is 2.46. The highest BCUT2D eigenvalue weighted by Crippen LogP contribution is 2.08. The van der Waals surface area contributed by atoms with Crippen LogP contribution >= 0.6 is 0 Å². The number of aromatic nitrogens is 1. The Bertz CT molecular complexity index is 235. The number of hydrogen-bond acceptors (Lipinski definition) is 1. The number of rotatable bonds is 4. The van der Waals surface area contributed by atoms with Crippen molar-refractivity contribution in [2.24, 2.45) is 0 Å². The van der Waals surface area contributed by atoms with Crippen molar-refractivity contribution in [3.05, 3.63) is 29.8 Å². The van der Waals surface area contributed by atoms with E-state index in [1.165, 1.54) is 18.7 Å². The monoisotopic (exact) mass is 167 g/mol. The lowest BCUT2D eigenvalue weighted by Crippen LogP contribution is -1.91. The lowest BCUT2D eigenvalue weighted by Gasteiger charge is -2.00. The number of hydrogen-bond donors (Lipinski definition) is 0. The van der Waals surface area contributed by atoms with E-state index in [0.717, 1.165) is 24.8 Å². The van der Waals surface area contributed by atoms with Crippen LogP contribution < -0.4 is 0 Å². The average Bonchev–Trinajstić information content (AvgIpc) is 2.09. The lowest BCUT2D eigenvalue weighted by atomic mass is 10.1. The van der Waals surface area contributed by atoms with Gasteiger partial charge >= 0.3 is 0 Å². The van der Waals surface area contributed by atoms with Crippen LogP contribution in [0.4, 0.5) is 4.39 Å². The molecule has 12 heavy (non-hydrogen) atoms. The standard InChI is InChI=1S/C10H14FN/c1-2-3-4-5-9-8-12-7-6-10(9)11/h6-8H,2-5H2,1H3. The van der Waals surface area contributed by atoms with Gasteiger partial charge in [0, 0.05) is 18.0 Å². The van der Waals surface area contributed by atoms with E-state index in [9.17, 15) is 4.39 Å². The van der Waals surface area contributed by atoms with E-state index in [4.69, 9.17) is 0 Å². The zero-order valence-electron chi connectivity index (χ0n) is 7.39. The fourth-order valence-electron chi connectivity index (χ4n) is 1.16. The maximum absolute atomic E-state index is 13.0. The van der Waals surface area contributed by atoms with E-state index in [2.05, 4.69) is 11.9 Å². The fourth-order valence-corrected chi connectivity index (χ4v) is 1.16. The molecule has 0 radical (unpaired) electrons. The molecule has 0 N–H and O–H groups in total. The predicted molar refractivity (Wildman–Crippen MR) is 47.4 cm³/mol. The lowest BCUT2D eigenvalue weighted by molar-refractivity contribution is 0.595. The summed E-state index contributed by atoms with van der Waals surface area (Å²) in [7, 11) is 0. The number of pyridine rings is 1. The third-order valence-electron chi connectivity index (χ3n) is 1.89. The Morgan fingerprint density at radius 1 is 1.42 bits per heavy atom. The van der Waals surface area contributed by atoms with Crippen LogP contribution in [0.5, 0.6) is 0 Å². The van der Waals surface area contributed by atoms with Crippen molar-refractivity contribution in [2.45, 2.75) is 32.6 Å². The fraction of sp³-hybridized carbons (Fsp3) is 0.500. The summed E-state index contributed by atoms with van der Waals surface area (Å²) >= 11 is 0. The van der Waals surface area contributed by atoms with Gasteiger partial charge in [-0.25, -0.2) is 4.39 Å². The summed E-state index contributed by atoms with van der Waals surface area (Å²) < 4.78 is 13.0. The molecular formula is C10H14FN. The first-order valence-corrected chi connectivity index (χ1v) is 4.43. The van der Waals surface area contributed by atoms with Crippen LogP contribution in [0.2, 0.25) is 0 Å². The Kier molecular flexibility index (Phi) is 3.71. The van der Waals surface area contributed by atoms with Gasteiger partial charge in [0.15, 0.2) is 0 Å². The molecule has 0 aliphatic rings. The largest absolute Gasteiger partial charge is 0.264 e. The van der Waals surface area contributed by atoms with Gasteiger partial charge in [-0.2, -0.15) is 0 Å². The minimum Gasteiger partial charge on any atom is -0.264 e. The third kappa shape index (κ3) is 2.61. The SMILES string of the molecule is CCCCCc1cnccc1F. The molecule has 1 rings (SSSR count). The highest BCUT2D eigenvalue weighted by molar-refractivity contribution is 5.11. The van der Waals surface area contributed by atoms with Crippen LogP contribution in [-0.4, -0.2) is 4.98 Å². The maximum atomic E-state index is 13.0. The smallest absolute Gasteiger partial charge is 0.129 e. The first-order chi connectivity index (χ1) is 5.84. The van der Waals surface area contributed by atoms with E-state index in [0.29, 0.717) is 0 Å². The molecule has 0 atom stereocenters. The van der Waals surface area contributed by atoms with Gasteiger partial charge in [0.05, 0.1) is 0 Å². The van der Waals surface area contributed by atoms with E-state index in [1.54, 1.807) is 6.20 Å². The number of nitrogens with zero attached hydrogens (tertiary/aromatic N) is 1. The Morgan fingerprint density at radius 2 is 2.25 bits per heavy atom. The van der Waals surface area contributed by atoms with Gasteiger partial charge in [0.25, 0.3) is 0 Å². The molecule has 0 amide bonds. The molecule has 0 fully saturated rings. The van der Waals surface area contributed by atoms with Crippen molar-refractivity contribution in [3.8, 4) is 0 Å².